The average molecular weight is 266 g/mol. The third kappa shape index (κ3) is 6.22. The van der Waals surface area contributed by atoms with E-state index in [9.17, 15) is 9.90 Å². The van der Waals surface area contributed by atoms with E-state index in [4.69, 9.17) is 0 Å². The van der Waals surface area contributed by atoms with Crippen LogP contribution in [0.1, 0.15) is 53.4 Å². The number of aliphatic imine (C=N–C) groups is 1. The number of hydrogen-bond donors (Lipinski definition) is 2. The molecule has 108 valence electrons. The van der Waals surface area contributed by atoms with Crippen LogP contribution in [-0.4, -0.2) is 23.3 Å². The molecule has 0 rings (SSSR count). The van der Waals surface area contributed by atoms with Crippen molar-refractivity contribution >= 4 is 12.1 Å². The summed E-state index contributed by atoms with van der Waals surface area (Å²) in [5.74, 6) is -0.498. The van der Waals surface area contributed by atoms with Crippen LogP contribution in [0.25, 0.3) is 0 Å². The molecule has 0 aliphatic rings. The van der Waals surface area contributed by atoms with Gasteiger partial charge in [0.2, 0.25) is 0 Å². The first kappa shape index (κ1) is 17.4. The van der Waals surface area contributed by atoms with Gasteiger partial charge in [0, 0.05) is 12.3 Å². The molecule has 0 bridgehead atoms. The molecule has 1 atom stereocenters. The zero-order chi connectivity index (χ0) is 14.8. The van der Waals surface area contributed by atoms with Gasteiger partial charge in [0.15, 0.2) is 5.70 Å². The predicted molar refractivity (Wildman–Crippen MR) is 80.4 cm³/mol. The van der Waals surface area contributed by atoms with Crippen LogP contribution in [-0.2, 0) is 4.79 Å². The molecule has 0 aromatic rings. The maximum atomic E-state index is 12.1. The van der Waals surface area contributed by atoms with Gasteiger partial charge in [0.1, 0.15) is 5.76 Å². The molecule has 0 saturated heterocycles. The van der Waals surface area contributed by atoms with Crippen LogP contribution in [0.5, 0.6) is 0 Å². The van der Waals surface area contributed by atoms with Crippen molar-refractivity contribution in [2.24, 2.45) is 4.99 Å². The highest BCUT2D eigenvalue weighted by Gasteiger charge is 2.17. The summed E-state index contributed by atoms with van der Waals surface area (Å²) in [5, 5.41) is 12.8. The van der Waals surface area contributed by atoms with Crippen LogP contribution in [0, 0.1) is 0 Å². The zero-order valence-corrected chi connectivity index (χ0v) is 12.5. The maximum Gasteiger partial charge on any atom is 0.273 e. The lowest BCUT2D eigenvalue weighted by molar-refractivity contribution is -0.118. The van der Waals surface area contributed by atoms with E-state index in [2.05, 4.69) is 23.8 Å². The van der Waals surface area contributed by atoms with Gasteiger partial charge in [-0.25, -0.2) is 0 Å². The van der Waals surface area contributed by atoms with Gasteiger partial charge in [-0.05, 0) is 32.3 Å². The van der Waals surface area contributed by atoms with Gasteiger partial charge < -0.3 is 10.4 Å². The number of allylic oxidation sites excluding steroid dienone is 1. The van der Waals surface area contributed by atoms with Crippen molar-refractivity contribution in [3.8, 4) is 0 Å². The number of aliphatic hydroxyl groups excluding tert-OH is 1. The number of amides is 1. The number of hydrogen-bond acceptors (Lipinski definition) is 3. The van der Waals surface area contributed by atoms with Crippen molar-refractivity contribution in [3.05, 3.63) is 23.6 Å². The molecule has 19 heavy (non-hydrogen) atoms. The van der Waals surface area contributed by atoms with E-state index in [1.54, 1.807) is 13.8 Å². The monoisotopic (exact) mass is 266 g/mol. The number of nitrogens with one attached hydrogen (secondary N) is 1. The highest BCUT2D eigenvalue weighted by atomic mass is 16.3. The third-order valence-corrected chi connectivity index (χ3v) is 2.84. The second-order valence-corrected chi connectivity index (χ2v) is 4.59. The molecule has 0 aliphatic carbocycles. The first-order valence-corrected chi connectivity index (χ1v) is 6.86. The Morgan fingerprint density at radius 1 is 1.47 bits per heavy atom. The molecular weight excluding hydrogens is 240 g/mol. The van der Waals surface area contributed by atoms with E-state index in [1.165, 1.54) is 6.21 Å². The van der Waals surface area contributed by atoms with Gasteiger partial charge in [-0.3, -0.25) is 9.79 Å². The van der Waals surface area contributed by atoms with Gasteiger partial charge >= 0.3 is 0 Å². The van der Waals surface area contributed by atoms with Gasteiger partial charge in [-0.15, -0.1) is 0 Å². The van der Waals surface area contributed by atoms with Crippen molar-refractivity contribution in [2.45, 2.75) is 59.4 Å². The van der Waals surface area contributed by atoms with Gasteiger partial charge in [-0.2, -0.15) is 0 Å². The summed E-state index contributed by atoms with van der Waals surface area (Å²) in [5.41, 5.74) is 0.460. The number of rotatable bonds is 8. The lowest BCUT2D eigenvalue weighted by Crippen LogP contribution is -2.35. The van der Waals surface area contributed by atoms with E-state index < -0.39 is 0 Å². The minimum atomic E-state index is -0.346. The molecule has 0 aliphatic heterocycles. The fraction of sp³-hybridized carbons (Fsp3) is 0.600. The van der Waals surface area contributed by atoms with Crippen LogP contribution in [0.4, 0.5) is 0 Å². The normalized spacial score (nSPS) is 14.1. The Kier molecular flexibility index (Phi) is 8.58. The predicted octanol–water partition coefficient (Wildman–Crippen LogP) is 3.51. The fourth-order valence-corrected chi connectivity index (χ4v) is 1.64. The summed E-state index contributed by atoms with van der Waals surface area (Å²) in [6, 6.07) is 0.118. The summed E-state index contributed by atoms with van der Waals surface area (Å²) < 4.78 is 0. The summed E-state index contributed by atoms with van der Waals surface area (Å²) in [4.78, 5) is 16.1. The molecule has 2 N–H and O–H groups in total. The fourth-order valence-electron chi connectivity index (χ4n) is 1.64. The highest BCUT2D eigenvalue weighted by Crippen LogP contribution is 2.13. The summed E-state index contributed by atoms with van der Waals surface area (Å²) in [7, 11) is 0. The lowest BCUT2D eigenvalue weighted by atomic mass is 10.1. The van der Waals surface area contributed by atoms with Crippen molar-refractivity contribution in [1.82, 2.24) is 5.32 Å². The average Bonchev–Trinajstić information content (AvgIpc) is 2.39. The SMILES string of the molecule is C=C(C)/C(O)=C(\N=CC)C(=O)NC(CC)CCCC. The molecule has 0 spiro atoms. The maximum absolute atomic E-state index is 12.1. The third-order valence-electron chi connectivity index (χ3n) is 2.84. The van der Waals surface area contributed by atoms with Crippen LogP contribution < -0.4 is 5.32 Å². The molecule has 1 amide bonds. The molecular formula is C15H26N2O2. The highest BCUT2D eigenvalue weighted by molar-refractivity contribution is 5.95. The van der Waals surface area contributed by atoms with Crippen LogP contribution >= 0.6 is 0 Å². The number of unbranched alkanes of at least 4 members (excludes halogenated alkanes) is 1. The Bertz CT molecular complexity index is 370. The second kappa shape index (κ2) is 9.36. The standard InChI is InChI=1S/C15H26N2O2/c1-6-9-10-12(7-2)17-15(19)13(16-8-3)14(18)11(4)5/h8,12,18H,4,6-7,9-10H2,1-3,5H3,(H,17,19)/b14-13+,16-8?. The largest absolute Gasteiger partial charge is 0.505 e. The molecule has 0 heterocycles. The smallest absolute Gasteiger partial charge is 0.273 e. The van der Waals surface area contributed by atoms with E-state index in [0.717, 1.165) is 25.7 Å². The Labute approximate surface area is 116 Å². The Morgan fingerprint density at radius 3 is 2.53 bits per heavy atom. The van der Waals surface area contributed by atoms with E-state index >= 15 is 0 Å². The number of carbonyl (C=O) groups is 1. The Morgan fingerprint density at radius 2 is 2.11 bits per heavy atom. The first-order chi connectivity index (χ1) is 8.97. The molecule has 0 radical (unpaired) electrons. The van der Waals surface area contributed by atoms with E-state index in [0.29, 0.717) is 5.57 Å². The topological polar surface area (TPSA) is 61.7 Å². The van der Waals surface area contributed by atoms with Crippen molar-refractivity contribution in [2.75, 3.05) is 0 Å². The number of carbonyl (C=O) groups excluding carboxylic acids is 1. The van der Waals surface area contributed by atoms with E-state index in [-0.39, 0.29) is 23.4 Å². The van der Waals surface area contributed by atoms with Crippen LogP contribution in [0.3, 0.4) is 0 Å². The summed E-state index contributed by atoms with van der Waals surface area (Å²) in [6.45, 7) is 11.1. The molecule has 0 aromatic carbocycles. The van der Waals surface area contributed by atoms with Crippen molar-refractivity contribution < 1.29 is 9.90 Å². The molecule has 0 aromatic heterocycles. The Hall–Kier alpha value is -1.58. The number of nitrogens with zero attached hydrogens (tertiary/aromatic N) is 1. The van der Waals surface area contributed by atoms with Crippen molar-refractivity contribution in [1.29, 1.82) is 0 Å². The van der Waals surface area contributed by atoms with Gasteiger partial charge in [-0.1, -0.05) is 33.3 Å². The minimum absolute atomic E-state index is 0.0324. The zero-order valence-electron chi connectivity index (χ0n) is 12.5. The van der Waals surface area contributed by atoms with E-state index in [1.807, 2.05) is 6.92 Å². The second-order valence-electron chi connectivity index (χ2n) is 4.59. The lowest BCUT2D eigenvalue weighted by Gasteiger charge is -2.17. The molecule has 4 nitrogen and oxygen atoms in total. The van der Waals surface area contributed by atoms with Gasteiger partial charge in [0.05, 0.1) is 0 Å². The minimum Gasteiger partial charge on any atom is -0.505 e. The molecule has 0 saturated carbocycles. The summed E-state index contributed by atoms with van der Waals surface area (Å²) >= 11 is 0. The Balaban J connectivity index is 4.92. The quantitative estimate of drug-likeness (QED) is 0.306. The van der Waals surface area contributed by atoms with Crippen LogP contribution in [0.2, 0.25) is 0 Å². The van der Waals surface area contributed by atoms with Gasteiger partial charge in [0.25, 0.3) is 5.91 Å². The molecule has 4 heteroatoms. The first-order valence-electron chi connectivity index (χ1n) is 6.86. The molecule has 1 unspecified atom stereocenters. The molecule has 0 fully saturated rings. The number of aliphatic hydroxyl groups is 1. The van der Waals surface area contributed by atoms with Crippen LogP contribution in [0.15, 0.2) is 28.6 Å². The van der Waals surface area contributed by atoms with Crippen molar-refractivity contribution in [3.63, 3.8) is 0 Å². The summed E-state index contributed by atoms with van der Waals surface area (Å²) in [6.07, 6.45) is 5.46.